The highest BCUT2D eigenvalue weighted by Gasteiger charge is 2.41. The third-order valence-electron chi connectivity index (χ3n) is 5.96. The van der Waals surface area contributed by atoms with E-state index in [9.17, 15) is 0 Å². The van der Waals surface area contributed by atoms with Crippen LogP contribution in [0.15, 0.2) is 60.7 Å². The van der Waals surface area contributed by atoms with Gasteiger partial charge in [0, 0.05) is 0 Å². The van der Waals surface area contributed by atoms with Crippen LogP contribution in [0.5, 0.6) is 0 Å². The molecule has 2 aliphatic rings. The number of allylic oxidation sites excluding steroid dienone is 1. The zero-order valence-corrected chi connectivity index (χ0v) is 15.7. The van der Waals surface area contributed by atoms with Crippen molar-refractivity contribution in [2.24, 2.45) is 5.92 Å². The largest absolute Gasteiger partial charge is 0.0802 e. The third-order valence-corrected chi connectivity index (χ3v) is 5.96. The Morgan fingerprint density at radius 3 is 2.42 bits per heavy atom. The highest BCUT2D eigenvalue weighted by atomic mass is 14.4. The molecule has 128 valence electrons. The van der Waals surface area contributed by atoms with E-state index in [-0.39, 0.29) is 0 Å². The second-order valence-corrected chi connectivity index (χ2v) is 7.45. The third kappa shape index (κ3) is 2.08. The van der Waals surface area contributed by atoms with Gasteiger partial charge >= 0.3 is 0 Å². The number of aryl methyl sites for hydroxylation is 1. The summed E-state index contributed by atoms with van der Waals surface area (Å²) in [5.74, 6) is 1.49. The fraction of sp³-hybridized carbons (Fsp3) is 0.231. The van der Waals surface area contributed by atoms with E-state index in [2.05, 4.69) is 73.7 Å². The maximum Gasteiger partial charge on any atom is -0.00578 e. The number of rotatable bonds is 0. The molecule has 0 heterocycles. The molecule has 0 N–H and O–H groups in total. The number of hydrogen-bond donors (Lipinski definition) is 0. The summed E-state index contributed by atoms with van der Waals surface area (Å²) in [5.41, 5.74) is 4.40. The summed E-state index contributed by atoms with van der Waals surface area (Å²) in [6.07, 6.45) is 6.14. The first-order chi connectivity index (χ1) is 12.8. The lowest BCUT2D eigenvalue weighted by molar-refractivity contribution is 1.01. The van der Waals surface area contributed by atoms with Crippen molar-refractivity contribution in [1.29, 1.82) is 0 Å². The van der Waals surface area contributed by atoms with Crippen LogP contribution < -0.4 is 0 Å². The maximum atomic E-state index is 2.43. The van der Waals surface area contributed by atoms with Crippen molar-refractivity contribution in [2.45, 2.75) is 33.1 Å². The van der Waals surface area contributed by atoms with E-state index in [0.29, 0.717) is 0 Å². The van der Waals surface area contributed by atoms with Gasteiger partial charge in [-0.05, 0) is 68.6 Å². The molecule has 2 aliphatic carbocycles. The Morgan fingerprint density at radius 1 is 0.808 bits per heavy atom. The standard InChI is InChI=1S/C24H18.C2H6/c1-14-6-9-17-15(12-14)7-10-20-18-4-2-3-5-19(18)21-11-8-16-13-22(16)24(21)23(17)20;1-2/h2-12,16,22H,13H2,1H3;1-2H3. The van der Waals surface area contributed by atoms with Gasteiger partial charge in [-0.15, -0.1) is 0 Å². The lowest BCUT2D eigenvalue weighted by atomic mass is 9.84. The van der Waals surface area contributed by atoms with Crippen LogP contribution in [0.2, 0.25) is 0 Å². The van der Waals surface area contributed by atoms with Crippen LogP contribution in [0, 0.1) is 12.8 Å². The lowest BCUT2D eigenvalue weighted by Crippen LogP contribution is -1.97. The molecule has 0 amide bonds. The van der Waals surface area contributed by atoms with E-state index in [0.717, 1.165) is 11.8 Å². The van der Waals surface area contributed by atoms with Crippen LogP contribution in [0.25, 0.3) is 38.4 Å². The Kier molecular flexibility index (Phi) is 3.43. The van der Waals surface area contributed by atoms with Gasteiger partial charge in [0.1, 0.15) is 0 Å². The van der Waals surface area contributed by atoms with Crippen LogP contribution in [0.4, 0.5) is 0 Å². The first kappa shape index (κ1) is 15.6. The smallest absolute Gasteiger partial charge is 0.00578 e. The zero-order chi connectivity index (χ0) is 17.8. The normalized spacial score (nSPS) is 19.8. The second-order valence-electron chi connectivity index (χ2n) is 7.45. The van der Waals surface area contributed by atoms with Crippen LogP contribution in [-0.2, 0) is 0 Å². The van der Waals surface area contributed by atoms with Crippen LogP contribution in [0.3, 0.4) is 0 Å². The Balaban J connectivity index is 0.000000727. The van der Waals surface area contributed by atoms with Gasteiger partial charge in [-0.1, -0.05) is 86.2 Å². The van der Waals surface area contributed by atoms with Gasteiger partial charge < -0.3 is 0 Å². The van der Waals surface area contributed by atoms with E-state index in [1.54, 1.807) is 5.56 Å². The molecule has 6 rings (SSSR count). The summed E-state index contributed by atoms with van der Waals surface area (Å²) in [6, 6.07) is 20.5. The van der Waals surface area contributed by atoms with E-state index in [1.165, 1.54) is 49.9 Å². The van der Waals surface area contributed by atoms with Crippen molar-refractivity contribution < 1.29 is 0 Å². The van der Waals surface area contributed by atoms with Crippen LogP contribution in [0.1, 0.15) is 42.9 Å². The maximum absolute atomic E-state index is 2.43. The molecular formula is C26H24. The molecule has 4 aromatic rings. The lowest BCUT2D eigenvalue weighted by Gasteiger charge is -2.19. The van der Waals surface area contributed by atoms with Crippen molar-refractivity contribution in [3.05, 3.63) is 77.4 Å². The van der Waals surface area contributed by atoms with Gasteiger partial charge in [0.2, 0.25) is 0 Å². The van der Waals surface area contributed by atoms with Crippen molar-refractivity contribution in [2.75, 3.05) is 0 Å². The fourth-order valence-electron chi connectivity index (χ4n) is 4.74. The quantitative estimate of drug-likeness (QED) is 0.290. The van der Waals surface area contributed by atoms with Gasteiger partial charge in [-0.2, -0.15) is 0 Å². The minimum atomic E-state index is 0.726. The van der Waals surface area contributed by atoms with Gasteiger partial charge in [0.25, 0.3) is 0 Å². The summed E-state index contributed by atoms with van der Waals surface area (Å²) in [7, 11) is 0. The molecule has 0 aliphatic heterocycles. The van der Waals surface area contributed by atoms with Crippen LogP contribution >= 0.6 is 0 Å². The molecule has 4 aromatic carbocycles. The van der Waals surface area contributed by atoms with Crippen molar-refractivity contribution >= 4 is 38.4 Å². The number of hydrogen-bond acceptors (Lipinski definition) is 0. The zero-order valence-electron chi connectivity index (χ0n) is 15.7. The van der Waals surface area contributed by atoms with Gasteiger partial charge in [0.05, 0.1) is 0 Å². The van der Waals surface area contributed by atoms with E-state index in [1.807, 2.05) is 13.8 Å². The first-order valence-corrected chi connectivity index (χ1v) is 9.87. The molecule has 0 heteroatoms. The minimum Gasteiger partial charge on any atom is -0.0802 e. The van der Waals surface area contributed by atoms with Crippen molar-refractivity contribution in [3.63, 3.8) is 0 Å². The highest BCUT2D eigenvalue weighted by molar-refractivity contribution is 6.21. The number of benzene rings is 4. The monoisotopic (exact) mass is 336 g/mol. The summed E-state index contributed by atoms with van der Waals surface area (Å²) in [5, 5.41) is 8.50. The molecule has 26 heavy (non-hydrogen) atoms. The Hall–Kier alpha value is -2.60. The average Bonchev–Trinajstić information content (AvgIpc) is 3.48. The minimum absolute atomic E-state index is 0.726. The van der Waals surface area contributed by atoms with Gasteiger partial charge in [-0.25, -0.2) is 0 Å². The predicted octanol–water partition coefficient (Wildman–Crippen LogP) is 7.61. The van der Waals surface area contributed by atoms with Gasteiger partial charge in [-0.3, -0.25) is 0 Å². The fourth-order valence-corrected chi connectivity index (χ4v) is 4.74. The molecule has 0 nitrogen and oxygen atoms in total. The summed E-state index contributed by atoms with van der Waals surface area (Å²) in [4.78, 5) is 0. The molecule has 2 unspecified atom stereocenters. The molecule has 1 fully saturated rings. The number of fused-ring (bicyclic) bond motifs is 10. The van der Waals surface area contributed by atoms with Crippen LogP contribution in [-0.4, -0.2) is 0 Å². The first-order valence-electron chi connectivity index (χ1n) is 9.87. The molecule has 0 spiro atoms. The van der Waals surface area contributed by atoms with Crippen molar-refractivity contribution in [1.82, 2.24) is 0 Å². The summed E-state index contributed by atoms with van der Waals surface area (Å²) >= 11 is 0. The van der Waals surface area contributed by atoms with Crippen molar-refractivity contribution in [3.8, 4) is 0 Å². The second kappa shape index (κ2) is 5.71. The van der Waals surface area contributed by atoms with Gasteiger partial charge in [0.15, 0.2) is 0 Å². The molecule has 1 saturated carbocycles. The Bertz CT molecular complexity index is 1190. The molecule has 0 radical (unpaired) electrons. The topological polar surface area (TPSA) is 0 Å². The van der Waals surface area contributed by atoms with E-state index >= 15 is 0 Å². The molecular weight excluding hydrogens is 312 g/mol. The van der Waals surface area contributed by atoms with E-state index in [4.69, 9.17) is 0 Å². The molecule has 2 atom stereocenters. The van der Waals surface area contributed by atoms with E-state index < -0.39 is 0 Å². The molecule has 0 saturated heterocycles. The predicted molar refractivity (Wildman–Crippen MR) is 115 cm³/mol. The Morgan fingerprint density at radius 2 is 1.58 bits per heavy atom. The average molecular weight is 336 g/mol. The molecule has 0 aromatic heterocycles. The Labute approximate surface area is 155 Å². The SMILES string of the molecule is CC.Cc1ccc2c(ccc3c4ccccc4c4c(c23)C2CC2C=C4)c1. The molecule has 0 bridgehead atoms. The summed E-state index contributed by atoms with van der Waals surface area (Å²) < 4.78 is 0. The summed E-state index contributed by atoms with van der Waals surface area (Å²) in [6.45, 7) is 6.18. The highest BCUT2D eigenvalue weighted by Crippen LogP contribution is 2.56.